The summed E-state index contributed by atoms with van der Waals surface area (Å²) in [6.07, 6.45) is -20.8. The van der Waals surface area contributed by atoms with E-state index in [-0.39, 0.29) is 17.1 Å². The maximum atomic E-state index is 13.7. The predicted molar refractivity (Wildman–Crippen MR) is 146 cm³/mol. The molecule has 4 aromatic carbocycles. The summed E-state index contributed by atoms with van der Waals surface area (Å²) >= 11 is 0. The van der Waals surface area contributed by atoms with Crippen molar-refractivity contribution in [3.05, 3.63) is 113 Å². The van der Waals surface area contributed by atoms with Gasteiger partial charge < -0.3 is 17.2 Å². The summed E-state index contributed by atoms with van der Waals surface area (Å²) in [5.74, 6) is 0. The summed E-state index contributed by atoms with van der Waals surface area (Å²) in [7, 11) is 0. The second-order valence-electron chi connectivity index (χ2n) is 9.84. The maximum Gasteiger partial charge on any atom is 0.417 e. The van der Waals surface area contributed by atoms with E-state index in [1.54, 1.807) is 6.92 Å². The molecular formula is C30H23F12N3. The van der Waals surface area contributed by atoms with E-state index in [9.17, 15) is 52.7 Å². The third-order valence-corrected chi connectivity index (χ3v) is 6.67. The Hall–Kier alpha value is -4.56. The van der Waals surface area contributed by atoms with Crippen molar-refractivity contribution in [1.29, 1.82) is 0 Å². The topological polar surface area (TPSA) is 78.1 Å². The third-order valence-electron chi connectivity index (χ3n) is 6.67. The molecule has 242 valence electrons. The first-order valence-electron chi connectivity index (χ1n) is 12.5. The standard InChI is InChI=1S/C16H13F6N.C14H10F6N2/c1-10-2-4-11(5-3-10)14(15(17,18)19,16(20,21)22)12-6-8-13(23)9-7-12;15-13(16,17)11-5-7(21)1-3-9(11)10-4-2-8(22)6-12(10)14(18,19)20/h2-9H,23H2,1H3;1-6H,21-22H2. The van der Waals surface area contributed by atoms with Gasteiger partial charge in [0.2, 0.25) is 5.41 Å². The smallest absolute Gasteiger partial charge is 0.399 e. The largest absolute Gasteiger partial charge is 0.417 e. The maximum absolute atomic E-state index is 13.7. The van der Waals surface area contributed by atoms with Gasteiger partial charge in [-0.05, 0) is 65.6 Å². The van der Waals surface area contributed by atoms with Crippen molar-refractivity contribution >= 4 is 17.1 Å². The Labute approximate surface area is 248 Å². The van der Waals surface area contributed by atoms with E-state index in [4.69, 9.17) is 17.2 Å². The molecule has 0 aromatic heterocycles. The van der Waals surface area contributed by atoms with Crippen LogP contribution in [-0.2, 0) is 17.8 Å². The van der Waals surface area contributed by atoms with Gasteiger partial charge in [-0.15, -0.1) is 0 Å². The normalized spacial score (nSPS) is 12.8. The van der Waals surface area contributed by atoms with Crippen LogP contribution in [-0.4, -0.2) is 12.4 Å². The monoisotopic (exact) mass is 653 g/mol. The quantitative estimate of drug-likeness (QED) is 0.152. The van der Waals surface area contributed by atoms with Crippen molar-refractivity contribution in [3.8, 4) is 11.1 Å². The van der Waals surface area contributed by atoms with Gasteiger partial charge in [0.15, 0.2) is 0 Å². The van der Waals surface area contributed by atoms with Gasteiger partial charge in [0, 0.05) is 17.1 Å². The van der Waals surface area contributed by atoms with E-state index in [0.29, 0.717) is 17.7 Å². The van der Waals surface area contributed by atoms with E-state index in [0.717, 1.165) is 60.7 Å². The van der Waals surface area contributed by atoms with Crippen molar-refractivity contribution in [2.45, 2.75) is 37.0 Å². The van der Waals surface area contributed by atoms with E-state index < -0.39 is 63.5 Å². The molecule has 0 bridgehead atoms. The highest BCUT2D eigenvalue weighted by Gasteiger charge is 2.72. The fourth-order valence-corrected chi connectivity index (χ4v) is 4.58. The Morgan fingerprint density at radius 2 is 0.733 bits per heavy atom. The average Bonchev–Trinajstić information content (AvgIpc) is 2.89. The minimum atomic E-state index is -5.57. The Kier molecular flexibility index (Phi) is 9.38. The lowest BCUT2D eigenvalue weighted by Crippen LogP contribution is -2.54. The molecule has 0 atom stereocenters. The molecule has 0 saturated heterocycles. The van der Waals surface area contributed by atoms with Gasteiger partial charge in [-0.1, -0.05) is 54.1 Å². The molecule has 4 rings (SSSR count). The number of anilines is 3. The number of rotatable bonds is 3. The van der Waals surface area contributed by atoms with Crippen LogP contribution in [0.2, 0.25) is 0 Å². The number of halogens is 12. The number of nitrogen functional groups attached to an aromatic ring is 3. The summed E-state index contributed by atoms with van der Waals surface area (Å²) in [6.45, 7) is 1.58. The van der Waals surface area contributed by atoms with Crippen molar-refractivity contribution in [2.75, 3.05) is 17.2 Å². The van der Waals surface area contributed by atoms with Gasteiger partial charge in [-0.3, -0.25) is 0 Å². The van der Waals surface area contributed by atoms with Crippen molar-refractivity contribution < 1.29 is 52.7 Å². The number of benzene rings is 4. The van der Waals surface area contributed by atoms with Crippen LogP contribution < -0.4 is 17.2 Å². The molecule has 0 aliphatic rings. The van der Waals surface area contributed by atoms with Gasteiger partial charge in [0.25, 0.3) is 0 Å². The number of alkyl halides is 12. The molecule has 3 nitrogen and oxygen atoms in total. The highest BCUT2D eigenvalue weighted by molar-refractivity contribution is 5.75. The summed E-state index contributed by atoms with van der Waals surface area (Å²) in [5, 5.41) is 0. The van der Waals surface area contributed by atoms with Crippen molar-refractivity contribution in [3.63, 3.8) is 0 Å². The fourth-order valence-electron chi connectivity index (χ4n) is 4.58. The van der Waals surface area contributed by atoms with Gasteiger partial charge >= 0.3 is 24.7 Å². The number of nitrogens with two attached hydrogens (primary N) is 3. The summed E-state index contributed by atoms with van der Waals surface area (Å²) in [5.41, 5.74) is 6.67. The molecule has 45 heavy (non-hydrogen) atoms. The lowest BCUT2D eigenvalue weighted by molar-refractivity contribution is -0.288. The molecule has 0 radical (unpaired) electrons. The number of hydrogen-bond donors (Lipinski definition) is 3. The van der Waals surface area contributed by atoms with Crippen LogP contribution in [0.25, 0.3) is 11.1 Å². The molecule has 0 aliphatic heterocycles. The second-order valence-corrected chi connectivity index (χ2v) is 9.84. The van der Waals surface area contributed by atoms with Crippen LogP contribution in [0.15, 0.2) is 84.9 Å². The minimum absolute atomic E-state index is 0.0795. The molecule has 0 spiro atoms. The van der Waals surface area contributed by atoms with Crippen LogP contribution in [0.5, 0.6) is 0 Å². The Balaban J connectivity index is 0.000000246. The predicted octanol–water partition coefficient (Wildman–Crippen LogP) is 9.54. The molecule has 4 aromatic rings. The average molecular weight is 654 g/mol. The first kappa shape index (κ1) is 34.9. The molecule has 15 heteroatoms. The Morgan fingerprint density at radius 1 is 0.422 bits per heavy atom. The van der Waals surface area contributed by atoms with E-state index in [2.05, 4.69) is 0 Å². The molecule has 0 aliphatic carbocycles. The zero-order valence-electron chi connectivity index (χ0n) is 22.9. The van der Waals surface area contributed by atoms with Crippen LogP contribution in [0.4, 0.5) is 69.7 Å². The molecule has 6 N–H and O–H groups in total. The van der Waals surface area contributed by atoms with Gasteiger partial charge in [0.1, 0.15) is 0 Å². The minimum Gasteiger partial charge on any atom is -0.399 e. The number of aryl methyl sites for hydroxylation is 1. The van der Waals surface area contributed by atoms with E-state index in [1.807, 2.05) is 0 Å². The van der Waals surface area contributed by atoms with Crippen molar-refractivity contribution in [2.24, 2.45) is 0 Å². The Morgan fingerprint density at radius 3 is 1.04 bits per heavy atom. The molecule has 0 unspecified atom stereocenters. The van der Waals surface area contributed by atoms with E-state index in [1.165, 1.54) is 12.1 Å². The summed E-state index contributed by atoms with van der Waals surface area (Å²) in [6, 6.07) is 13.0. The third kappa shape index (κ3) is 7.23. The van der Waals surface area contributed by atoms with Crippen LogP contribution >= 0.6 is 0 Å². The fraction of sp³-hybridized carbons (Fsp3) is 0.200. The van der Waals surface area contributed by atoms with Gasteiger partial charge in [-0.2, -0.15) is 52.7 Å². The number of hydrogen-bond acceptors (Lipinski definition) is 3. The second kappa shape index (κ2) is 12.1. The lowest BCUT2D eigenvalue weighted by atomic mass is 9.72. The first-order chi connectivity index (χ1) is 20.5. The first-order valence-corrected chi connectivity index (χ1v) is 12.5. The van der Waals surface area contributed by atoms with Gasteiger partial charge in [-0.25, -0.2) is 0 Å². The zero-order chi connectivity index (χ0) is 34.2. The molecule has 0 fully saturated rings. The van der Waals surface area contributed by atoms with Crippen LogP contribution in [0.1, 0.15) is 27.8 Å². The van der Waals surface area contributed by atoms with Crippen LogP contribution in [0, 0.1) is 6.92 Å². The summed E-state index contributed by atoms with van der Waals surface area (Å²) < 4.78 is 161. The highest BCUT2D eigenvalue weighted by atomic mass is 19.4. The van der Waals surface area contributed by atoms with Gasteiger partial charge in [0.05, 0.1) is 11.1 Å². The molecule has 0 heterocycles. The van der Waals surface area contributed by atoms with E-state index >= 15 is 0 Å². The molecule has 0 amide bonds. The SMILES string of the molecule is Cc1ccc(C(c2ccc(N)cc2)(C(F)(F)F)C(F)(F)F)cc1.Nc1ccc(-c2ccc(N)cc2C(F)(F)F)c(C(F)(F)F)c1. The lowest BCUT2D eigenvalue weighted by Gasteiger charge is -2.38. The molecular weight excluding hydrogens is 630 g/mol. The Bertz CT molecular complexity index is 1490. The highest BCUT2D eigenvalue weighted by Crippen LogP contribution is 2.56. The zero-order valence-corrected chi connectivity index (χ0v) is 22.9. The summed E-state index contributed by atoms with van der Waals surface area (Å²) in [4.78, 5) is 0. The molecule has 0 saturated carbocycles. The van der Waals surface area contributed by atoms with Crippen LogP contribution in [0.3, 0.4) is 0 Å². The van der Waals surface area contributed by atoms with Crippen molar-refractivity contribution in [1.82, 2.24) is 0 Å².